The Kier molecular flexibility index (Phi) is 5.00. The van der Waals surface area contributed by atoms with Crippen molar-refractivity contribution in [2.24, 2.45) is 0 Å². The molecule has 0 amide bonds. The maximum absolute atomic E-state index is 12.8. The van der Waals surface area contributed by atoms with Crippen LogP contribution in [0.5, 0.6) is 5.75 Å². The van der Waals surface area contributed by atoms with E-state index < -0.39 is 11.7 Å². The number of Topliss-reactive ketones (excluding diaryl/α,β-unsaturated/α-hetero) is 1. The first-order valence-corrected chi connectivity index (χ1v) is 7.20. The normalized spacial score (nSPS) is 11.5. The molecular formula is C17H14ClF3O2. The summed E-state index contributed by atoms with van der Waals surface area (Å²) in [6, 6.07) is 8.25. The van der Waals surface area contributed by atoms with Gasteiger partial charge in [0.1, 0.15) is 11.5 Å². The number of carbonyl (C=O) groups excluding carboxylic acids is 1. The third-order valence-electron chi connectivity index (χ3n) is 3.40. The van der Waals surface area contributed by atoms with Gasteiger partial charge < -0.3 is 5.11 Å². The van der Waals surface area contributed by atoms with Crippen LogP contribution < -0.4 is 0 Å². The van der Waals surface area contributed by atoms with Gasteiger partial charge in [0.2, 0.25) is 0 Å². The van der Waals surface area contributed by atoms with Crippen LogP contribution in [-0.4, -0.2) is 10.9 Å². The minimum atomic E-state index is -4.55. The summed E-state index contributed by atoms with van der Waals surface area (Å²) in [7, 11) is 0. The molecule has 2 aromatic rings. The zero-order valence-electron chi connectivity index (χ0n) is 12.2. The van der Waals surface area contributed by atoms with Crippen LogP contribution in [0.2, 0.25) is 5.02 Å². The first-order valence-electron chi connectivity index (χ1n) is 6.82. The first kappa shape index (κ1) is 17.3. The average Bonchev–Trinajstić information content (AvgIpc) is 2.44. The summed E-state index contributed by atoms with van der Waals surface area (Å²) >= 11 is 5.55. The Bertz CT molecular complexity index is 739. The lowest BCUT2D eigenvalue weighted by Gasteiger charge is -2.11. The zero-order valence-corrected chi connectivity index (χ0v) is 13.0. The van der Waals surface area contributed by atoms with Gasteiger partial charge in [0.25, 0.3) is 0 Å². The second-order valence-corrected chi connectivity index (χ2v) is 5.73. The van der Waals surface area contributed by atoms with Crippen LogP contribution in [0.4, 0.5) is 13.2 Å². The van der Waals surface area contributed by atoms with Gasteiger partial charge in [-0.1, -0.05) is 29.8 Å². The summed E-state index contributed by atoms with van der Waals surface area (Å²) in [5, 5.41) is 9.06. The molecule has 1 N–H and O–H groups in total. The molecule has 0 saturated carbocycles. The maximum atomic E-state index is 12.8. The van der Waals surface area contributed by atoms with E-state index in [1.165, 1.54) is 12.1 Å². The number of aryl methyl sites for hydroxylation is 1. The van der Waals surface area contributed by atoms with Crippen LogP contribution in [0.15, 0.2) is 36.4 Å². The van der Waals surface area contributed by atoms with Gasteiger partial charge >= 0.3 is 6.18 Å². The van der Waals surface area contributed by atoms with Crippen LogP contribution >= 0.6 is 11.6 Å². The van der Waals surface area contributed by atoms with Crippen molar-refractivity contribution in [3.8, 4) is 5.75 Å². The van der Waals surface area contributed by atoms with Crippen molar-refractivity contribution in [3.05, 3.63) is 63.7 Å². The SMILES string of the molecule is Cc1cc(CC(=O)Cc2ccc(Cl)c(C(F)(F)F)c2)ccc1O. The maximum Gasteiger partial charge on any atom is 0.417 e. The number of halogens is 4. The van der Waals surface area contributed by atoms with Crippen molar-refractivity contribution in [3.63, 3.8) is 0 Å². The molecule has 2 aromatic carbocycles. The molecule has 2 rings (SSSR count). The predicted octanol–water partition coefficient (Wildman–Crippen LogP) is 4.73. The summed E-state index contributed by atoms with van der Waals surface area (Å²) < 4.78 is 38.4. The van der Waals surface area contributed by atoms with Crippen molar-refractivity contribution >= 4 is 17.4 Å². The van der Waals surface area contributed by atoms with E-state index in [1.807, 2.05) is 0 Å². The van der Waals surface area contributed by atoms with Crippen LogP contribution in [-0.2, 0) is 23.8 Å². The van der Waals surface area contributed by atoms with Gasteiger partial charge in [-0.2, -0.15) is 13.2 Å². The summed E-state index contributed by atoms with van der Waals surface area (Å²) in [5.74, 6) is -0.0840. The Labute approximate surface area is 136 Å². The van der Waals surface area contributed by atoms with E-state index in [2.05, 4.69) is 0 Å². The molecule has 6 heteroatoms. The van der Waals surface area contributed by atoms with E-state index >= 15 is 0 Å². The van der Waals surface area contributed by atoms with Gasteiger partial charge in [-0.25, -0.2) is 0 Å². The topological polar surface area (TPSA) is 37.3 Å². The molecule has 0 bridgehead atoms. The van der Waals surface area contributed by atoms with Gasteiger partial charge in [0.05, 0.1) is 10.6 Å². The Balaban J connectivity index is 2.12. The van der Waals surface area contributed by atoms with Crippen molar-refractivity contribution < 1.29 is 23.1 Å². The van der Waals surface area contributed by atoms with Gasteiger partial charge in [0, 0.05) is 12.8 Å². The number of hydrogen-bond acceptors (Lipinski definition) is 2. The molecule has 0 saturated heterocycles. The first-order chi connectivity index (χ1) is 10.7. The zero-order chi connectivity index (χ0) is 17.2. The number of ketones is 1. The molecule has 0 aliphatic heterocycles. The van der Waals surface area contributed by atoms with E-state index in [-0.39, 0.29) is 35.0 Å². The average molecular weight is 343 g/mol. The Morgan fingerprint density at radius 2 is 1.65 bits per heavy atom. The molecule has 122 valence electrons. The Morgan fingerprint density at radius 3 is 2.22 bits per heavy atom. The minimum Gasteiger partial charge on any atom is -0.508 e. The van der Waals surface area contributed by atoms with Crippen molar-refractivity contribution in [1.82, 2.24) is 0 Å². The second-order valence-electron chi connectivity index (χ2n) is 5.33. The summed E-state index contributed by atoms with van der Waals surface area (Å²) in [5.41, 5.74) is 0.670. The number of hydrogen-bond donors (Lipinski definition) is 1. The molecule has 2 nitrogen and oxygen atoms in total. The number of aromatic hydroxyl groups is 1. The second kappa shape index (κ2) is 6.62. The molecule has 0 atom stereocenters. The molecule has 0 fully saturated rings. The van der Waals surface area contributed by atoms with E-state index in [9.17, 15) is 23.1 Å². The lowest BCUT2D eigenvalue weighted by atomic mass is 10.00. The highest BCUT2D eigenvalue weighted by Crippen LogP contribution is 2.35. The highest BCUT2D eigenvalue weighted by molar-refractivity contribution is 6.31. The van der Waals surface area contributed by atoms with Crippen molar-refractivity contribution in [1.29, 1.82) is 0 Å². The largest absolute Gasteiger partial charge is 0.508 e. The van der Waals surface area contributed by atoms with Gasteiger partial charge in [0.15, 0.2) is 0 Å². The number of carbonyl (C=O) groups is 1. The molecule has 0 spiro atoms. The third-order valence-corrected chi connectivity index (χ3v) is 3.73. The molecule has 0 aromatic heterocycles. The van der Waals surface area contributed by atoms with Crippen LogP contribution in [0.1, 0.15) is 22.3 Å². The number of phenols is 1. The molecule has 0 aliphatic carbocycles. The van der Waals surface area contributed by atoms with Gasteiger partial charge in [-0.15, -0.1) is 0 Å². The highest BCUT2D eigenvalue weighted by Gasteiger charge is 2.33. The van der Waals surface area contributed by atoms with Gasteiger partial charge in [-0.05, 0) is 41.8 Å². The number of alkyl halides is 3. The molecule has 23 heavy (non-hydrogen) atoms. The van der Waals surface area contributed by atoms with E-state index in [0.717, 1.165) is 12.1 Å². The number of phenolic OH excluding ortho intramolecular Hbond substituents is 1. The van der Waals surface area contributed by atoms with Gasteiger partial charge in [-0.3, -0.25) is 4.79 Å². The lowest BCUT2D eigenvalue weighted by Crippen LogP contribution is -2.10. The van der Waals surface area contributed by atoms with Crippen molar-refractivity contribution in [2.45, 2.75) is 25.9 Å². The molecule has 0 heterocycles. The monoisotopic (exact) mass is 342 g/mol. The standard InChI is InChI=1S/C17H14ClF3O2/c1-10-6-11(3-5-16(10)23)7-13(22)8-12-2-4-15(18)14(9-12)17(19,20)21/h2-6,9,23H,7-8H2,1H3. The van der Waals surface area contributed by atoms with Crippen molar-refractivity contribution in [2.75, 3.05) is 0 Å². The third kappa shape index (κ3) is 4.48. The number of rotatable bonds is 4. The Hall–Kier alpha value is -2.01. The molecule has 0 unspecified atom stereocenters. The number of benzene rings is 2. The molecular weight excluding hydrogens is 329 g/mol. The predicted molar refractivity (Wildman–Crippen MR) is 81.7 cm³/mol. The highest BCUT2D eigenvalue weighted by atomic mass is 35.5. The van der Waals surface area contributed by atoms with Crippen LogP contribution in [0.25, 0.3) is 0 Å². The van der Waals surface area contributed by atoms with E-state index in [4.69, 9.17) is 11.6 Å². The lowest BCUT2D eigenvalue weighted by molar-refractivity contribution is -0.137. The quantitative estimate of drug-likeness (QED) is 0.872. The minimum absolute atomic E-state index is 0.0884. The Morgan fingerprint density at radius 1 is 1.09 bits per heavy atom. The van der Waals surface area contributed by atoms with E-state index in [0.29, 0.717) is 11.1 Å². The van der Waals surface area contributed by atoms with Crippen LogP contribution in [0, 0.1) is 6.92 Å². The summed E-state index contributed by atoms with van der Waals surface area (Å²) in [4.78, 5) is 12.0. The smallest absolute Gasteiger partial charge is 0.417 e. The fraction of sp³-hybridized carbons (Fsp3) is 0.235. The van der Waals surface area contributed by atoms with Crippen LogP contribution in [0.3, 0.4) is 0 Å². The summed E-state index contributed by atoms with van der Waals surface area (Å²) in [6.07, 6.45) is -4.57. The fourth-order valence-corrected chi connectivity index (χ4v) is 2.47. The fourth-order valence-electron chi connectivity index (χ4n) is 2.24. The molecule has 0 aliphatic rings. The molecule has 0 radical (unpaired) electrons. The van der Waals surface area contributed by atoms with E-state index in [1.54, 1.807) is 19.1 Å². The summed E-state index contributed by atoms with van der Waals surface area (Å²) in [6.45, 7) is 1.71.